The minimum atomic E-state index is 0.633. The Labute approximate surface area is 172 Å². The Hall–Kier alpha value is -2.83. The lowest BCUT2D eigenvalue weighted by Crippen LogP contribution is -2.00. The van der Waals surface area contributed by atoms with Crippen molar-refractivity contribution in [1.29, 1.82) is 0 Å². The lowest BCUT2D eigenvalue weighted by atomic mass is 10.2. The third-order valence-electron chi connectivity index (χ3n) is 4.17. The van der Waals surface area contributed by atoms with Gasteiger partial charge in [-0.3, -0.25) is 9.55 Å². The van der Waals surface area contributed by atoms with Gasteiger partial charge in [0.15, 0.2) is 11.0 Å². The molecule has 140 valence electrons. The van der Waals surface area contributed by atoms with Gasteiger partial charge in [-0.2, -0.15) is 0 Å². The smallest absolute Gasteiger partial charge is 0.196 e. The van der Waals surface area contributed by atoms with Crippen molar-refractivity contribution >= 4 is 23.4 Å². The molecule has 0 unspecified atom stereocenters. The van der Waals surface area contributed by atoms with Crippen LogP contribution in [0.2, 0.25) is 5.02 Å². The Morgan fingerprint density at radius 1 is 1.00 bits per heavy atom. The van der Waals surface area contributed by atoms with Gasteiger partial charge >= 0.3 is 0 Å². The molecule has 0 radical (unpaired) electrons. The quantitative estimate of drug-likeness (QED) is 0.406. The summed E-state index contributed by atoms with van der Waals surface area (Å²) in [6.45, 7) is 0. The van der Waals surface area contributed by atoms with Gasteiger partial charge in [0.1, 0.15) is 5.75 Å². The van der Waals surface area contributed by atoms with Crippen molar-refractivity contribution in [3.05, 3.63) is 83.6 Å². The molecule has 0 saturated heterocycles. The van der Waals surface area contributed by atoms with Gasteiger partial charge in [0.05, 0.1) is 12.1 Å². The number of aromatic nitrogens is 4. The zero-order valence-corrected chi connectivity index (χ0v) is 16.7. The van der Waals surface area contributed by atoms with Crippen LogP contribution in [0.25, 0.3) is 17.1 Å². The van der Waals surface area contributed by atoms with Gasteiger partial charge < -0.3 is 4.74 Å². The zero-order valence-electron chi connectivity index (χ0n) is 15.1. The second-order valence-electron chi connectivity index (χ2n) is 5.97. The molecule has 4 rings (SSSR count). The lowest BCUT2D eigenvalue weighted by molar-refractivity contribution is 0.414. The third kappa shape index (κ3) is 3.88. The van der Waals surface area contributed by atoms with Crippen LogP contribution >= 0.6 is 23.4 Å². The van der Waals surface area contributed by atoms with E-state index in [9.17, 15) is 0 Å². The number of halogens is 1. The highest BCUT2D eigenvalue weighted by Gasteiger charge is 2.18. The minimum Gasteiger partial charge on any atom is -0.497 e. The number of nitrogens with zero attached hydrogens (tertiary/aromatic N) is 4. The highest BCUT2D eigenvalue weighted by Crippen LogP contribution is 2.33. The zero-order chi connectivity index (χ0) is 19.3. The van der Waals surface area contributed by atoms with Crippen LogP contribution in [0, 0.1) is 0 Å². The summed E-state index contributed by atoms with van der Waals surface area (Å²) in [5.41, 5.74) is 2.89. The molecule has 0 fully saturated rings. The number of benzene rings is 2. The van der Waals surface area contributed by atoms with Crippen LogP contribution in [0.15, 0.2) is 78.2 Å². The van der Waals surface area contributed by atoms with Crippen LogP contribution in [0.4, 0.5) is 0 Å². The number of hydrogen-bond donors (Lipinski definition) is 0. The molecule has 0 saturated carbocycles. The molecule has 0 atom stereocenters. The fraction of sp³-hybridized carbons (Fsp3) is 0.0952. The molecule has 0 bridgehead atoms. The van der Waals surface area contributed by atoms with Crippen LogP contribution < -0.4 is 4.74 Å². The Bertz CT molecular complexity index is 1070. The molecule has 2 heterocycles. The van der Waals surface area contributed by atoms with Gasteiger partial charge in [-0.25, -0.2) is 0 Å². The molecule has 28 heavy (non-hydrogen) atoms. The molecule has 0 aliphatic rings. The first-order valence-corrected chi connectivity index (χ1v) is 9.99. The summed E-state index contributed by atoms with van der Waals surface area (Å²) in [6.07, 6.45) is 3.62. The molecular formula is C21H17ClN4OS. The van der Waals surface area contributed by atoms with Crippen LogP contribution in [0.3, 0.4) is 0 Å². The van der Waals surface area contributed by atoms with E-state index in [-0.39, 0.29) is 0 Å². The minimum absolute atomic E-state index is 0.633. The van der Waals surface area contributed by atoms with Crippen molar-refractivity contribution in [1.82, 2.24) is 19.7 Å². The average Bonchev–Trinajstić information content (AvgIpc) is 3.17. The second-order valence-corrected chi connectivity index (χ2v) is 7.32. The number of methoxy groups -OCH3 is 1. The summed E-state index contributed by atoms with van der Waals surface area (Å²) in [7, 11) is 1.65. The van der Waals surface area contributed by atoms with Crippen LogP contribution in [-0.4, -0.2) is 26.9 Å². The summed E-state index contributed by atoms with van der Waals surface area (Å²) in [6, 6.07) is 19.4. The first kappa shape index (κ1) is 18.5. The van der Waals surface area contributed by atoms with Gasteiger partial charge in [0, 0.05) is 29.4 Å². The Morgan fingerprint density at radius 3 is 2.54 bits per heavy atom. The molecule has 0 amide bonds. The van der Waals surface area contributed by atoms with E-state index in [1.54, 1.807) is 25.1 Å². The molecule has 2 aromatic carbocycles. The maximum Gasteiger partial charge on any atom is 0.196 e. The molecule has 0 spiro atoms. The second kappa shape index (κ2) is 8.46. The van der Waals surface area contributed by atoms with Crippen LogP contribution in [0.5, 0.6) is 5.75 Å². The van der Waals surface area contributed by atoms with E-state index in [0.29, 0.717) is 10.8 Å². The number of hydrogen-bond acceptors (Lipinski definition) is 5. The van der Waals surface area contributed by atoms with Gasteiger partial charge in [0.25, 0.3) is 0 Å². The highest BCUT2D eigenvalue weighted by atomic mass is 35.5. The number of thioether (sulfide) groups is 1. The standard InChI is InChI=1S/C21H17ClN4OS/c1-27-17-10-8-16(9-11-17)26-20(18-6-2-3-7-19(18)22)24-25-21(26)28-14-15-5-4-12-23-13-15/h2-13H,14H2,1H3. The summed E-state index contributed by atoms with van der Waals surface area (Å²) in [5.74, 6) is 2.23. The summed E-state index contributed by atoms with van der Waals surface area (Å²) < 4.78 is 7.30. The normalized spacial score (nSPS) is 10.8. The van der Waals surface area contributed by atoms with Crippen molar-refractivity contribution in [3.63, 3.8) is 0 Å². The molecule has 7 heteroatoms. The third-order valence-corrected chi connectivity index (χ3v) is 5.50. The van der Waals surface area contributed by atoms with Gasteiger partial charge in [0.2, 0.25) is 0 Å². The molecule has 0 aliphatic heterocycles. The van der Waals surface area contributed by atoms with E-state index in [4.69, 9.17) is 16.3 Å². The monoisotopic (exact) mass is 408 g/mol. The fourth-order valence-electron chi connectivity index (χ4n) is 2.78. The van der Waals surface area contributed by atoms with Crippen molar-refractivity contribution < 1.29 is 4.74 Å². The van der Waals surface area contributed by atoms with Gasteiger partial charge in [-0.05, 0) is 48.0 Å². The Morgan fingerprint density at radius 2 is 1.82 bits per heavy atom. The van der Waals surface area contributed by atoms with Gasteiger partial charge in [-0.15, -0.1) is 10.2 Å². The molecule has 0 aliphatic carbocycles. The van der Waals surface area contributed by atoms with E-state index in [0.717, 1.165) is 33.5 Å². The van der Waals surface area contributed by atoms with Crippen molar-refractivity contribution in [2.24, 2.45) is 0 Å². The van der Waals surface area contributed by atoms with Crippen LogP contribution in [-0.2, 0) is 5.75 Å². The topological polar surface area (TPSA) is 52.8 Å². The summed E-state index contributed by atoms with van der Waals surface area (Å²) in [4.78, 5) is 4.17. The highest BCUT2D eigenvalue weighted by molar-refractivity contribution is 7.98. The van der Waals surface area contributed by atoms with E-state index in [1.165, 1.54) is 0 Å². The predicted molar refractivity (Wildman–Crippen MR) is 112 cm³/mol. The molecular weight excluding hydrogens is 392 g/mol. The molecule has 0 N–H and O–H groups in total. The molecule has 2 aromatic heterocycles. The largest absolute Gasteiger partial charge is 0.497 e. The first-order valence-electron chi connectivity index (χ1n) is 8.62. The number of ether oxygens (including phenoxy) is 1. The van der Waals surface area contributed by atoms with Crippen molar-refractivity contribution in [2.45, 2.75) is 10.9 Å². The molecule has 4 aromatic rings. The van der Waals surface area contributed by atoms with E-state index >= 15 is 0 Å². The van der Waals surface area contributed by atoms with Crippen LogP contribution in [0.1, 0.15) is 5.56 Å². The maximum absolute atomic E-state index is 6.43. The predicted octanol–water partition coefficient (Wildman–Crippen LogP) is 5.28. The fourth-order valence-corrected chi connectivity index (χ4v) is 3.88. The van der Waals surface area contributed by atoms with Crippen molar-refractivity contribution in [3.8, 4) is 22.8 Å². The maximum atomic E-state index is 6.43. The van der Waals surface area contributed by atoms with Gasteiger partial charge in [-0.1, -0.05) is 41.6 Å². The van der Waals surface area contributed by atoms with E-state index < -0.39 is 0 Å². The van der Waals surface area contributed by atoms with E-state index in [2.05, 4.69) is 15.2 Å². The summed E-state index contributed by atoms with van der Waals surface area (Å²) in [5, 5.41) is 10.3. The Balaban J connectivity index is 1.76. The van der Waals surface area contributed by atoms with E-state index in [1.807, 2.05) is 71.4 Å². The number of rotatable bonds is 6. The summed E-state index contributed by atoms with van der Waals surface area (Å²) >= 11 is 8.03. The average molecular weight is 409 g/mol. The lowest BCUT2D eigenvalue weighted by Gasteiger charge is -2.12. The molecule has 5 nitrogen and oxygen atoms in total. The first-order chi connectivity index (χ1) is 13.8. The number of pyridine rings is 1. The Kier molecular flexibility index (Phi) is 5.60. The SMILES string of the molecule is COc1ccc(-n2c(SCc3cccnc3)nnc2-c2ccccc2Cl)cc1. The van der Waals surface area contributed by atoms with Crippen molar-refractivity contribution in [2.75, 3.05) is 7.11 Å².